The number of hydrogen-bond acceptors (Lipinski definition) is 3. The van der Waals surface area contributed by atoms with Crippen molar-refractivity contribution in [3.8, 4) is 0 Å². The Bertz CT molecular complexity index is 720. The standard InChI is InChI=1S/C19H22ClNO2S/c1-13(22)16-8-9-17(24-16)19(10-4-5-11-19)12-21-18(23)14-6-2-3-7-15(14)20/h2-3,6-9,13,22H,4-5,10-12H2,1H3,(H,21,23)/t13-/m0/s1. The summed E-state index contributed by atoms with van der Waals surface area (Å²) in [7, 11) is 0. The van der Waals surface area contributed by atoms with Crippen LogP contribution in [0.1, 0.15) is 58.8 Å². The molecule has 1 aromatic carbocycles. The van der Waals surface area contributed by atoms with Crippen molar-refractivity contribution in [1.82, 2.24) is 5.32 Å². The maximum atomic E-state index is 12.5. The van der Waals surface area contributed by atoms with Gasteiger partial charge in [-0.1, -0.05) is 36.6 Å². The molecule has 24 heavy (non-hydrogen) atoms. The molecule has 2 aromatic rings. The smallest absolute Gasteiger partial charge is 0.252 e. The van der Waals surface area contributed by atoms with E-state index in [0.717, 1.165) is 17.7 Å². The average Bonchev–Trinajstić information content (AvgIpc) is 3.23. The average molecular weight is 364 g/mol. The Morgan fingerprint density at radius 3 is 2.62 bits per heavy atom. The Kier molecular flexibility index (Phi) is 5.28. The minimum Gasteiger partial charge on any atom is -0.388 e. The zero-order valence-electron chi connectivity index (χ0n) is 13.7. The number of aliphatic hydroxyl groups excluding tert-OH is 1. The number of nitrogens with one attached hydrogen (secondary N) is 1. The number of rotatable bonds is 5. The van der Waals surface area contributed by atoms with Gasteiger partial charge in [0.05, 0.1) is 16.7 Å². The van der Waals surface area contributed by atoms with Gasteiger partial charge >= 0.3 is 0 Å². The second-order valence-corrected chi connectivity index (χ2v) is 8.05. The van der Waals surface area contributed by atoms with E-state index in [1.807, 2.05) is 18.2 Å². The summed E-state index contributed by atoms with van der Waals surface area (Å²) in [5.41, 5.74) is 0.498. The summed E-state index contributed by atoms with van der Waals surface area (Å²) in [4.78, 5) is 14.7. The van der Waals surface area contributed by atoms with Gasteiger partial charge in [-0.3, -0.25) is 4.79 Å². The number of carbonyl (C=O) groups excluding carboxylic acids is 1. The van der Waals surface area contributed by atoms with Crippen LogP contribution in [-0.4, -0.2) is 17.6 Å². The molecular weight excluding hydrogens is 342 g/mol. The molecule has 1 saturated carbocycles. The monoisotopic (exact) mass is 363 g/mol. The third-order valence-electron chi connectivity index (χ3n) is 4.83. The predicted octanol–water partition coefficient (Wildman–Crippen LogP) is 4.70. The molecule has 1 aliphatic rings. The minimum atomic E-state index is -0.445. The highest BCUT2D eigenvalue weighted by atomic mass is 35.5. The molecule has 0 radical (unpaired) electrons. The van der Waals surface area contributed by atoms with Gasteiger partial charge in [-0.15, -0.1) is 11.3 Å². The van der Waals surface area contributed by atoms with E-state index in [1.165, 1.54) is 17.7 Å². The summed E-state index contributed by atoms with van der Waals surface area (Å²) < 4.78 is 0. The summed E-state index contributed by atoms with van der Waals surface area (Å²) in [6, 6.07) is 11.2. The SMILES string of the molecule is C[C@H](O)c1ccc(C2(CNC(=O)c3ccccc3Cl)CCCC2)s1. The van der Waals surface area contributed by atoms with E-state index >= 15 is 0 Å². The number of thiophene rings is 1. The summed E-state index contributed by atoms with van der Waals surface area (Å²) in [5, 5.41) is 13.3. The van der Waals surface area contributed by atoms with Crippen LogP contribution in [0.15, 0.2) is 36.4 Å². The van der Waals surface area contributed by atoms with E-state index in [-0.39, 0.29) is 11.3 Å². The molecule has 1 aliphatic carbocycles. The van der Waals surface area contributed by atoms with Crippen LogP contribution in [0.4, 0.5) is 0 Å². The van der Waals surface area contributed by atoms with Crippen LogP contribution in [0.3, 0.4) is 0 Å². The lowest BCUT2D eigenvalue weighted by atomic mass is 9.84. The van der Waals surface area contributed by atoms with Crippen molar-refractivity contribution in [1.29, 1.82) is 0 Å². The molecule has 0 bridgehead atoms. The number of amides is 1. The van der Waals surface area contributed by atoms with E-state index in [0.29, 0.717) is 17.1 Å². The van der Waals surface area contributed by atoms with Gasteiger partial charge in [0.1, 0.15) is 0 Å². The Balaban J connectivity index is 1.77. The van der Waals surface area contributed by atoms with E-state index in [4.69, 9.17) is 11.6 Å². The molecule has 1 heterocycles. The lowest BCUT2D eigenvalue weighted by Gasteiger charge is -2.28. The van der Waals surface area contributed by atoms with E-state index in [1.54, 1.807) is 30.4 Å². The van der Waals surface area contributed by atoms with Gasteiger partial charge in [0.25, 0.3) is 5.91 Å². The predicted molar refractivity (Wildman–Crippen MR) is 98.9 cm³/mol. The van der Waals surface area contributed by atoms with Crippen molar-refractivity contribution in [2.75, 3.05) is 6.54 Å². The fraction of sp³-hybridized carbons (Fsp3) is 0.421. The topological polar surface area (TPSA) is 49.3 Å². The third-order valence-corrected chi connectivity index (χ3v) is 6.66. The molecule has 1 fully saturated rings. The zero-order chi connectivity index (χ0) is 17.2. The molecule has 1 aromatic heterocycles. The number of carbonyl (C=O) groups is 1. The summed E-state index contributed by atoms with van der Waals surface area (Å²) >= 11 is 7.78. The van der Waals surface area contributed by atoms with Crippen molar-refractivity contribution >= 4 is 28.8 Å². The Hall–Kier alpha value is -1.36. The van der Waals surface area contributed by atoms with E-state index in [9.17, 15) is 9.90 Å². The van der Waals surface area contributed by atoms with Crippen molar-refractivity contribution in [2.45, 2.75) is 44.1 Å². The van der Waals surface area contributed by atoms with Crippen molar-refractivity contribution in [2.24, 2.45) is 0 Å². The molecule has 3 rings (SSSR count). The summed E-state index contributed by atoms with van der Waals surface area (Å²) in [5.74, 6) is -0.126. The fourth-order valence-corrected chi connectivity index (χ4v) is 4.83. The Morgan fingerprint density at radius 1 is 1.29 bits per heavy atom. The van der Waals surface area contributed by atoms with Crippen LogP contribution in [0.25, 0.3) is 0 Å². The van der Waals surface area contributed by atoms with Gasteiger partial charge < -0.3 is 10.4 Å². The highest BCUT2D eigenvalue weighted by Gasteiger charge is 2.37. The highest BCUT2D eigenvalue weighted by Crippen LogP contribution is 2.44. The van der Waals surface area contributed by atoms with Gasteiger partial charge in [-0.05, 0) is 44.0 Å². The molecule has 3 nitrogen and oxygen atoms in total. The molecule has 0 spiro atoms. The maximum Gasteiger partial charge on any atom is 0.252 e. The van der Waals surface area contributed by atoms with Gasteiger partial charge in [0.15, 0.2) is 0 Å². The lowest BCUT2D eigenvalue weighted by molar-refractivity contribution is 0.0943. The first-order valence-electron chi connectivity index (χ1n) is 8.33. The first kappa shape index (κ1) is 17.5. The largest absolute Gasteiger partial charge is 0.388 e. The van der Waals surface area contributed by atoms with Crippen LogP contribution in [0, 0.1) is 0 Å². The molecule has 0 unspecified atom stereocenters. The molecule has 0 saturated heterocycles. The molecule has 0 aliphatic heterocycles. The third kappa shape index (κ3) is 3.51. The molecule has 1 amide bonds. The number of aliphatic hydroxyl groups is 1. The molecule has 2 N–H and O–H groups in total. The highest BCUT2D eigenvalue weighted by molar-refractivity contribution is 7.12. The normalized spacial score (nSPS) is 17.6. The second-order valence-electron chi connectivity index (χ2n) is 6.53. The van der Waals surface area contributed by atoms with Crippen LogP contribution in [-0.2, 0) is 5.41 Å². The number of halogens is 1. The van der Waals surface area contributed by atoms with Crippen molar-refractivity contribution in [3.63, 3.8) is 0 Å². The Labute approximate surface area is 151 Å². The van der Waals surface area contributed by atoms with Crippen molar-refractivity contribution < 1.29 is 9.90 Å². The van der Waals surface area contributed by atoms with Crippen molar-refractivity contribution in [3.05, 3.63) is 56.7 Å². The zero-order valence-corrected chi connectivity index (χ0v) is 15.3. The molecular formula is C19H22ClNO2S. The summed E-state index contributed by atoms with van der Waals surface area (Å²) in [6.45, 7) is 2.40. The van der Waals surface area contributed by atoms with Crippen LogP contribution >= 0.6 is 22.9 Å². The van der Waals surface area contributed by atoms with Crippen LogP contribution < -0.4 is 5.32 Å². The first-order chi connectivity index (χ1) is 11.5. The number of hydrogen-bond donors (Lipinski definition) is 2. The van der Waals surface area contributed by atoms with E-state index < -0.39 is 6.10 Å². The maximum absolute atomic E-state index is 12.5. The minimum absolute atomic E-state index is 0.0191. The Morgan fingerprint density at radius 2 is 2.00 bits per heavy atom. The van der Waals surface area contributed by atoms with Crippen LogP contribution in [0.2, 0.25) is 5.02 Å². The summed E-state index contributed by atoms with van der Waals surface area (Å²) in [6.07, 6.45) is 4.03. The molecule has 5 heteroatoms. The quantitative estimate of drug-likeness (QED) is 0.809. The van der Waals surface area contributed by atoms with E-state index in [2.05, 4.69) is 11.4 Å². The molecule has 1 atom stereocenters. The van der Waals surface area contributed by atoms with Gasteiger partial charge in [-0.2, -0.15) is 0 Å². The van der Waals surface area contributed by atoms with Gasteiger partial charge in [-0.25, -0.2) is 0 Å². The lowest BCUT2D eigenvalue weighted by Crippen LogP contribution is -2.38. The second kappa shape index (κ2) is 7.26. The van der Waals surface area contributed by atoms with Gasteiger partial charge in [0.2, 0.25) is 0 Å². The first-order valence-corrected chi connectivity index (χ1v) is 9.52. The molecule has 128 valence electrons. The van der Waals surface area contributed by atoms with Gasteiger partial charge in [0, 0.05) is 21.7 Å². The van der Waals surface area contributed by atoms with Crippen LogP contribution in [0.5, 0.6) is 0 Å². The fourth-order valence-electron chi connectivity index (χ4n) is 3.41. The number of benzene rings is 1.